The number of fused-ring (bicyclic) bond motifs is 1. The van der Waals surface area contributed by atoms with Gasteiger partial charge in [-0.05, 0) is 12.1 Å². The second-order valence-corrected chi connectivity index (χ2v) is 6.33. The normalized spacial score (nSPS) is 14.2. The molecule has 9 heteroatoms. The number of hydrogen-bond donors (Lipinski definition) is 1. The Bertz CT molecular complexity index is 921. The van der Waals surface area contributed by atoms with Crippen molar-refractivity contribution < 1.29 is 13.2 Å². The summed E-state index contributed by atoms with van der Waals surface area (Å²) in [7, 11) is 0. The molecule has 3 aromatic rings. The Labute approximate surface area is 153 Å². The first-order valence-corrected chi connectivity index (χ1v) is 8.51. The third-order valence-electron chi connectivity index (χ3n) is 4.41. The molecular formula is C18H17F3N6. The number of hydrogen-bond acceptors (Lipinski definition) is 5. The van der Waals surface area contributed by atoms with Gasteiger partial charge in [-0.25, -0.2) is 23.1 Å². The fraction of sp³-hybridized carbons (Fsp3) is 0.278. The molecule has 0 fully saturated rings. The topological polar surface area (TPSA) is 58.9 Å². The number of aromatic nitrogens is 4. The molecule has 0 unspecified atom stereocenters. The van der Waals surface area contributed by atoms with E-state index in [1.807, 2.05) is 15.6 Å². The number of nitrogens with one attached hydrogen (secondary N) is 1. The van der Waals surface area contributed by atoms with E-state index >= 15 is 0 Å². The first kappa shape index (κ1) is 17.5. The predicted octanol–water partition coefficient (Wildman–Crippen LogP) is 2.72. The monoisotopic (exact) mass is 374 g/mol. The molecule has 27 heavy (non-hydrogen) atoms. The predicted molar refractivity (Wildman–Crippen MR) is 92.0 cm³/mol. The fourth-order valence-electron chi connectivity index (χ4n) is 3.11. The Kier molecular flexibility index (Phi) is 4.76. The summed E-state index contributed by atoms with van der Waals surface area (Å²) in [5.41, 5.74) is 1.67. The molecule has 140 valence electrons. The lowest BCUT2D eigenvalue weighted by Crippen LogP contribution is -2.34. The van der Waals surface area contributed by atoms with Crippen LogP contribution in [0.5, 0.6) is 0 Å². The van der Waals surface area contributed by atoms with Crippen LogP contribution in [0.15, 0.2) is 36.7 Å². The van der Waals surface area contributed by atoms with E-state index in [1.54, 1.807) is 18.5 Å². The van der Waals surface area contributed by atoms with Crippen molar-refractivity contribution in [2.75, 3.05) is 11.9 Å². The fourth-order valence-corrected chi connectivity index (χ4v) is 3.11. The minimum absolute atomic E-state index is 0.0779. The highest BCUT2D eigenvalue weighted by atomic mass is 19.1. The van der Waals surface area contributed by atoms with Crippen molar-refractivity contribution in [3.8, 4) is 0 Å². The lowest BCUT2D eigenvalue weighted by molar-refractivity contribution is 0.200. The van der Waals surface area contributed by atoms with Crippen LogP contribution in [0.25, 0.3) is 0 Å². The Morgan fingerprint density at radius 3 is 2.48 bits per heavy atom. The van der Waals surface area contributed by atoms with Crippen LogP contribution in [0.1, 0.15) is 17.0 Å². The van der Waals surface area contributed by atoms with Gasteiger partial charge in [0.05, 0.1) is 24.5 Å². The summed E-state index contributed by atoms with van der Waals surface area (Å²) in [6.45, 7) is 2.27. The van der Waals surface area contributed by atoms with Crippen LogP contribution < -0.4 is 5.32 Å². The van der Waals surface area contributed by atoms with Crippen molar-refractivity contribution in [2.24, 2.45) is 0 Å². The lowest BCUT2D eigenvalue weighted by atomic mass is 10.1. The van der Waals surface area contributed by atoms with Crippen molar-refractivity contribution in [1.29, 1.82) is 0 Å². The highest BCUT2D eigenvalue weighted by Gasteiger charge is 2.21. The van der Waals surface area contributed by atoms with Crippen molar-refractivity contribution in [2.45, 2.75) is 26.2 Å². The third kappa shape index (κ3) is 3.92. The number of nitrogens with zero attached hydrogens (tertiary/aromatic N) is 5. The van der Waals surface area contributed by atoms with Gasteiger partial charge < -0.3 is 5.32 Å². The zero-order valence-corrected chi connectivity index (χ0v) is 14.4. The summed E-state index contributed by atoms with van der Waals surface area (Å²) in [6.07, 6.45) is 3.30. The van der Waals surface area contributed by atoms with Gasteiger partial charge in [0.15, 0.2) is 0 Å². The molecule has 1 aliphatic heterocycles. The van der Waals surface area contributed by atoms with Gasteiger partial charge in [0.1, 0.15) is 17.5 Å². The Morgan fingerprint density at radius 2 is 1.74 bits per heavy atom. The molecule has 0 saturated heterocycles. The van der Waals surface area contributed by atoms with Gasteiger partial charge in [0, 0.05) is 49.7 Å². The summed E-state index contributed by atoms with van der Waals surface area (Å²) in [4.78, 5) is 10.1. The molecule has 1 aromatic carbocycles. The summed E-state index contributed by atoms with van der Waals surface area (Å²) < 4.78 is 42.7. The first-order chi connectivity index (χ1) is 13.1. The molecule has 0 atom stereocenters. The van der Waals surface area contributed by atoms with Crippen LogP contribution in [-0.2, 0) is 26.2 Å². The molecule has 6 nitrogen and oxygen atoms in total. The van der Waals surface area contributed by atoms with Crippen LogP contribution in [0.2, 0.25) is 0 Å². The average Bonchev–Trinajstić information content (AvgIpc) is 3.06. The van der Waals surface area contributed by atoms with Crippen molar-refractivity contribution >= 4 is 5.95 Å². The maximum atomic E-state index is 13.9. The minimum Gasteiger partial charge on any atom is -0.348 e. The smallest absolute Gasteiger partial charge is 0.222 e. The Morgan fingerprint density at radius 1 is 1.00 bits per heavy atom. The summed E-state index contributed by atoms with van der Waals surface area (Å²) in [5.74, 6) is -2.11. The van der Waals surface area contributed by atoms with Gasteiger partial charge in [0.2, 0.25) is 5.95 Å². The second kappa shape index (κ2) is 7.36. The summed E-state index contributed by atoms with van der Waals surface area (Å²) in [6, 6.07) is 5.10. The van der Waals surface area contributed by atoms with E-state index in [9.17, 15) is 13.2 Å². The quantitative estimate of drug-likeness (QED) is 0.744. The highest BCUT2D eigenvalue weighted by molar-refractivity contribution is 5.25. The van der Waals surface area contributed by atoms with E-state index in [4.69, 9.17) is 0 Å². The van der Waals surface area contributed by atoms with Gasteiger partial charge in [-0.1, -0.05) is 0 Å². The van der Waals surface area contributed by atoms with Crippen LogP contribution in [0.3, 0.4) is 0 Å². The molecule has 0 amide bonds. The van der Waals surface area contributed by atoms with E-state index in [1.165, 1.54) is 0 Å². The Hall–Kier alpha value is -2.94. The molecule has 1 aliphatic rings. The molecule has 1 N–H and O–H groups in total. The van der Waals surface area contributed by atoms with Gasteiger partial charge in [0.25, 0.3) is 0 Å². The van der Waals surface area contributed by atoms with Gasteiger partial charge in [-0.15, -0.1) is 0 Å². The molecule has 4 rings (SSSR count). The van der Waals surface area contributed by atoms with E-state index in [-0.39, 0.29) is 12.1 Å². The van der Waals surface area contributed by atoms with Crippen molar-refractivity contribution in [3.05, 3.63) is 71.1 Å². The van der Waals surface area contributed by atoms with Crippen LogP contribution in [0.4, 0.5) is 19.1 Å². The molecule has 0 radical (unpaired) electrons. The maximum Gasteiger partial charge on any atom is 0.222 e. The molecule has 0 spiro atoms. The lowest BCUT2D eigenvalue weighted by Gasteiger charge is -2.27. The van der Waals surface area contributed by atoms with Gasteiger partial charge in [-0.2, -0.15) is 5.10 Å². The number of benzene rings is 1. The SMILES string of the molecule is Fc1cc(F)c(CN2CCn3nc(CNc4ncccn4)cc3C2)c(F)c1. The maximum absolute atomic E-state index is 13.9. The zero-order chi connectivity index (χ0) is 18.8. The van der Waals surface area contributed by atoms with E-state index in [0.29, 0.717) is 44.3 Å². The van der Waals surface area contributed by atoms with E-state index in [0.717, 1.165) is 11.4 Å². The summed E-state index contributed by atoms with van der Waals surface area (Å²) >= 11 is 0. The van der Waals surface area contributed by atoms with Crippen LogP contribution in [-0.4, -0.2) is 31.2 Å². The van der Waals surface area contributed by atoms with E-state index in [2.05, 4.69) is 20.4 Å². The van der Waals surface area contributed by atoms with Crippen molar-refractivity contribution in [3.63, 3.8) is 0 Å². The summed E-state index contributed by atoms with van der Waals surface area (Å²) in [5, 5.41) is 7.62. The van der Waals surface area contributed by atoms with Gasteiger partial charge in [-0.3, -0.25) is 9.58 Å². The molecule has 3 heterocycles. The molecule has 0 aliphatic carbocycles. The number of rotatable bonds is 5. The standard InChI is InChI=1S/C18H17F3N6/c19-12-6-16(20)15(17(21)7-12)11-26-4-5-27-14(10-26)8-13(25-27)9-24-18-22-2-1-3-23-18/h1-3,6-8H,4-5,9-11H2,(H,22,23,24). The van der Waals surface area contributed by atoms with E-state index < -0.39 is 17.5 Å². The van der Waals surface area contributed by atoms with Crippen LogP contribution in [0, 0.1) is 17.5 Å². The molecule has 0 saturated carbocycles. The second-order valence-electron chi connectivity index (χ2n) is 6.33. The third-order valence-corrected chi connectivity index (χ3v) is 4.41. The number of halogens is 3. The molecule has 0 bridgehead atoms. The van der Waals surface area contributed by atoms with Crippen molar-refractivity contribution in [1.82, 2.24) is 24.6 Å². The average molecular weight is 374 g/mol. The number of anilines is 1. The zero-order valence-electron chi connectivity index (χ0n) is 14.4. The minimum atomic E-state index is -0.912. The molecule has 2 aromatic heterocycles. The van der Waals surface area contributed by atoms with Crippen LogP contribution >= 0.6 is 0 Å². The largest absolute Gasteiger partial charge is 0.348 e. The molecular weight excluding hydrogens is 357 g/mol. The first-order valence-electron chi connectivity index (χ1n) is 8.51. The Balaban J connectivity index is 1.42. The highest BCUT2D eigenvalue weighted by Crippen LogP contribution is 2.21. The van der Waals surface area contributed by atoms with Gasteiger partial charge >= 0.3 is 0 Å².